The molecule has 1 heterocycles. The molecule has 0 aromatic carbocycles. The Kier molecular flexibility index (Phi) is 3.36. The Labute approximate surface area is 82.0 Å². The van der Waals surface area contributed by atoms with Gasteiger partial charge in [0.1, 0.15) is 0 Å². The maximum atomic E-state index is 5.60. The first-order valence-electron chi connectivity index (χ1n) is 5.24. The molecular weight excluding hydrogens is 162 g/mol. The summed E-state index contributed by atoms with van der Waals surface area (Å²) in [5.41, 5.74) is 0.326. The summed E-state index contributed by atoms with van der Waals surface area (Å²) >= 11 is 0. The zero-order valence-electron chi connectivity index (χ0n) is 9.55. The zero-order valence-corrected chi connectivity index (χ0v) is 9.55. The predicted molar refractivity (Wildman–Crippen MR) is 55.8 cm³/mol. The second-order valence-corrected chi connectivity index (χ2v) is 5.27. The normalized spacial score (nSPS) is 32.1. The zero-order chi connectivity index (χ0) is 10.1. The molecule has 1 rings (SSSR count). The Hall–Kier alpha value is -0.0800. The van der Waals surface area contributed by atoms with Gasteiger partial charge in [-0.25, -0.2) is 0 Å². The van der Waals surface area contributed by atoms with Crippen LogP contribution in [-0.2, 0) is 4.74 Å². The number of hydrogen-bond acceptors (Lipinski definition) is 2. The maximum Gasteiger partial charge on any atom is 0.0551 e. The first-order chi connectivity index (χ1) is 5.95. The predicted octanol–water partition coefficient (Wildman–Crippen LogP) is 2.05. The Morgan fingerprint density at radius 3 is 2.31 bits per heavy atom. The van der Waals surface area contributed by atoms with Gasteiger partial charge in [0.05, 0.1) is 12.7 Å². The molecule has 78 valence electrons. The lowest BCUT2D eigenvalue weighted by Crippen LogP contribution is -2.44. The van der Waals surface area contributed by atoms with E-state index in [1.54, 1.807) is 0 Å². The van der Waals surface area contributed by atoms with Crippen LogP contribution in [0.2, 0.25) is 0 Å². The summed E-state index contributed by atoms with van der Waals surface area (Å²) in [5, 5.41) is 3.42. The van der Waals surface area contributed by atoms with Crippen LogP contribution < -0.4 is 5.32 Å². The van der Waals surface area contributed by atoms with Crippen LogP contribution in [-0.4, -0.2) is 25.8 Å². The van der Waals surface area contributed by atoms with E-state index in [1.165, 1.54) is 6.42 Å². The van der Waals surface area contributed by atoms with Gasteiger partial charge in [0.25, 0.3) is 0 Å². The molecule has 1 N–H and O–H groups in total. The van der Waals surface area contributed by atoms with Crippen LogP contribution in [0.25, 0.3) is 0 Å². The average Bonchev–Trinajstić information content (AvgIpc) is 2.34. The van der Waals surface area contributed by atoms with Crippen molar-refractivity contribution < 1.29 is 4.74 Å². The number of nitrogens with one attached hydrogen (secondary N) is 1. The lowest BCUT2D eigenvalue weighted by atomic mass is 9.78. The molecule has 0 aromatic rings. The molecule has 0 radical (unpaired) electrons. The topological polar surface area (TPSA) is 21.3 Å². The molecule has 1 saturated heterocycles. The summed E-state index contributed by atoms with van der Waals surface area (Å²) in [6.07, 6.45) is 1.64. The summed E-state index contributed by atoms with van der Waals surface area (Å²) < 4.78 is 5.60. The molecule has 0 amide bonds. The van der Waals surface area contributed by atoms with Gasteiger partial charge in [-0.3, -0.25) is 0 Å². The Morgan fingerprint density at radius 1 is 1.38 bits per heavy atom. The van der Waals surface area contributed by atoms with Crippen LogP contribution in [0.5, 0.6) is 0 Å². The third kappa shape index (κ3) is 2.68. The number of hydrogen-bond donors (Lipinski definition) is 1. The molecule has 0 aliphatic carbocycles. The van der Waals surface area contributed by atoms with Crippen LogP contribution in [0.1, 0.15) is 34.1 Å². The van der Waals surface area contributed by atoms with E-state index < -0.39 is 0 Å². The summed E-state index contributed by atoms with van der Waals surface area (Å²) in [6, 6.07) is 0.567. The van der Waals surface area contributed by atoms with Crippen molar-refractivity contribution in [3.05, 3.63) is 0 Å². The third-order valence-electron chi connectivity index (χ3n) is 2.94. The Bertz CT molecular complexity index is 162. The van der Waals surface area contributed by atoms with Gasteiger partial charge in [0, 0.05) is 12.0 Å². The van der Waals surface area contributed by atoms with E-state index in [2.05, 4.69) is 40.1 Å². The van der Waals surface area contributed by atoms with Crippen LogP contribution >= 0.6 is 0 Å². The van der Waals surface area contributed by atoms with Crippen molar-refractivity contribution in [2.75, 3.05) is 13.7 Å². The highest BCUT2D eigenvalue weighted by molar-refractivity contribution is 4.89. The SMILES string of the molecule is CNC(C1COC(C)C1)C(C)(C)C. The van der Waals surface area contributed by atoms with Crippen molar-refractivity contribution in [2.24, 2.45) is 11.3 Å². The van der Waals surface area contributed by atoms with E-state index in [0.29, 0.717) is 23.5 Å². The van der Waals surface area contributed by atoms with Gasteiger partial charge in [-0.2, -0.15) is 0 Å². The van der Waals surface area contributed by atoms with Gasteiger partial charge >= 0.3 is 0 Å². The molecule has 3 atom stereocenters. The number of ether oxygens (including phenoxy) is 1. The second kappa shape index (κ2) is 3.97. The summed E-state index contributed by atoms with van der Waals surface area (Å²) in [4.78, 5) is 0. The fourth-order valence-electron chi connectivity index (χ4n) is 2.46. The monoisotopic (exact) mass is 185 g/mol. The maximum absolute atomic E-state index is 5.60. The highest BCUT2D eigenvalue weighted by Crippen LogP contribution is 2.31. The van der Waals surface area contributed by atoms with Crippen LogP contribution in [0.15, 0.2) is 0 Å². The molecule has 0 saturated carbocycles. The van der Waals surface area contributed by atoms with E-state index in [-0.39, 0.29) is 0 Å². The minimum atomic E-state index is 0.326. The molecule has 1 fully saturated rings. The molecule has 2 heteroatoms. The molecule has 0 spiro atoms. The lowest BCUT2D eigenvalue weighted by Gasteiger charge is -2.34. The van der Waals surface area contributed by atoms with Crippen molar-refractivity contribution in [3.63, 3.8) is 0 Å². The van der Waals surface area contributed by atoms with Crippen LogP contribution in [0, 0.1) is 11.3 Å². The van der Waals surface area contributed by atoms with Crippen LogP contribution in [0.3, 0.4) is 0 Å². The van der Waals surface area contributed by atoms with E-state index in [0.717, 1.165) is 6.61 Å². The minimum Gasteiger partial charge on any atom is -0.378 e. The quantitative estimate of drug-likeness (QED) is 0.711. The number of rotatable bonds is 2. The second-order valence-electron chi connectivity index (χ2n) is 5.27. The fraction of sp³-hybridized carbons (Fsp3) is 1.00. The molecule has 3 unspecified atom stereocenters. The molecule has 2 nitrogen and oxygen atoms in total. The average molecular weight is 185 g/mol. The van der Waals surface area contributed by atoms with Crippen molar-refractivity contribution in [3.8, 4) is 0 Å². The highest BCUT2D eigenvalue weighted by Gasteiger charge is 2.35. The standard InChI is InChI=1S/C11H23NO/c1-8-6-9(7-13-8)10(12-5)11(2,3)4/h8-10,12H,6-7H2,1-5H3. The van der Waals surface area contributed by atoms with Crippen molar-refractivity contribution >= 4 is 0 Å². The highest BCUT2D eigenvalue weighted by atomic mass is 16.5. The van der Waals surface area contributed by atoms with Crippen molar-refractivity contribution in [1.29, 1.82) is 0 Å². The van der Waals surface area contributed by atoms with Crippen molar-refractivity contribution in [1.82, 2.24) is 5.32 Å². The lowest BCUT2D eigenvalue weighted by molar-refractivity contribution is 0.108. The Morgan fingerprint density at radius 2 is 2.00 bits per heavy atom. The summed E-state index contributed by atoms with van der Waals surface area (Å²) in [5.74, 6) is 0.681. The van der Waals surface area contributed by atoms with Gasteiger partial charge in [-0.15, -0.1) is 0 Å². The minimum absolute atomic E-state index is 0.326. The molecule has 1 aliphatic rings. The molecule has 1 aliphatic heterocycles. The molecular formula is C11H23NO. The van der Waals surface area contributed by atoms with Gasteiger partial charge < -0.3 is 10.1 Å². The van der Waals surface area contributed by atoms with E-state index in [9.17, 15) is 0 Å². The summed E-state index contributed by atoms with van der Waals surface area (Å²) in [7, 11) is 2.05. The van der Waals surface area contributed by atoms with Gasteiger partial charge in [0.2, 0.25) is 0 Å². The van der Waals surface area contributed by atoms with Crippen molar-refractivity contribution in [2.45, 2.75) is 46.3 Å². The van der Waals surface area contributed by atoms with Gasteiger partial charge in [-0.1, -0.05) is 20.8 Å². The van der Waals surface area contributed by atoms with Crippen LogP contribution in [0.4, 0.5) is 0 Å². The largest absolute Gasteiger partial charge is 0.378 e. The first kappa shape index (κ1) is 11.0. The molecule has 0 aromatic heterocycles. The first-order valence-corrected chi connectivity index (χ1v) is 5.24. The Balaban J connectivity index is 2.57. The van der Waals surface area contributed by atoms with E-state index in [1.807, 2.05) is 0 Å². The summed E-state index contributed by atoms with van der Waals surface area (Å²) in [6.45, 7) is 9.95. The molecule has 13 heavy (non-hydrogen) atoms. The smallest absolute Gasteiger partial charge is 0.0551 e. The van der Waals surface area contributed by atoms with Gasteiger partial charge in [-0.05, 0) is 25.8 Å². The van der Waals surface area contributed by atoms with E-state index in [4.69, 9.17) is 4.74 Å². The fourth-order valence-corrected chi connectivity index (χ4v) is 2.46. The molecule has 0 bridgehead atoms. The van der Waals surface area contributed by atoms with E-state index >= 15 is 0 Å². The third-order valence-corrected chi connectivity index (χ3v) is 2.94. The van der Waals surface area contributed by atoms with Gasteiger partial charge in [0.15, 0.2) is 0 Å².